The first-order chi connectivity index (χ1) is 7.78. The van der Waals surface area contributed by atoms with E-state index < -0.39 is 0 Å². The molecule has 1 aromatic heterocycles. The lowest BCUT2D eigenvalue weighted by Crippen LogP contribution is -2.32. The van der Waals surface area contributed by atoms with Crippen LogP contribution < -0.4 is 10.6 Å². The van der Waals surface area contributed by atoms with E-state index in [1.165, 1.54) is 35.2 Å². The zero-order valence-corrected chi connectivity index (χ0v) is 12.0. The van der Waals surface area contributed by atoms with Gasteiger partial charge in [0.05, 0.1) is 5.00 Å². The van der Waals surface area contributed by atoms with Crippen molar-refractivity contribution < 1.29 is 0 Å². The fraction of sp³-hybridized carbons (Fsp3) is 0.667. The predicted molar refractivity (Wildman–Crippen MR) is 75.3 cm³/mol. The van der Waals surface area contributed by atoms with Gasteiger partial charge in [-0.3, -0.25) is 0 Å². The summed E-state index contributed by atoms with van der Waals surface area (Å²) in [5, 5.41) is 10.3. The van der Waals surface area contributed by atoms with Gasteiger partial charge in [-0.25, -0.2) is 0 Å². The Morgan fingerprint density at radius 3 is 2.69 bits per heavy atom. The predicted octanol–water partition coefficient (Wildman–Crippen LogP) is 3.70. The minimum atomic E-state index is 0.757. The summed E-state index contributed by atoms with van der Waals surface area (Å²) in [6.45, 7) is 1.13. The maximum absolute atomic E-state index is 3.54. The molecular formula is C12H19BrN2S. The Morgan fingerprint density at radius 1 is 1.38 bits per heavy atom. The molecule has 0 unspecified atom stereocenters. The third-order valence-electron chi connectivity index (χ3n) is 3.39. The molecule has 2 nitrogen and oxygen atoms in total. The van der Waals surface area contributed by atoms with E-state index in [0.29, 0.717) is 0 Å². The molecule has 1 saturated carbocycles. The van der Waals surface area contributed by atoms with Crippen LogP contribution in [0.5, 0.6) is 0 Å². The molecule has 0 aromatic carbocycles. The molecule has 2 rings (SSSR count). The smallest absolute Gasteiger partial charge is 0.0894 e. The standard InChI is InChI=1S/C12H19BrN2S/c1-14-11-4-2-9(3-5-11)7-15-12-6-10(13)8-16-12/h6,8-9,11,14-15H,2-5,7H2,1H3. The number of nitrogens with one attached hydrogen (secondary N) is 2. The third-order valence-corrected chi connectivity index (χ3v) is 5.04. The van der Waals surface area contributed by atoms with Gasteiger partial charge in [-0.2, -0.15) is 0 Å². The van der Waals surface area contributed by atoms with Crippen molar-refractivity contribution in [3.63, 3.8) is 0 Å². The molecule has 1 aliphatic rings. The third kappa shape index (κ3) is 3.47. The highest BCUT2D eigenvalue weighted by atomic mass is 79.9. The van der Waals surface area contributed by atoms with Crippen molar-refractivity contribution in [2.75, 3.05) is 18.9 Å². The van der Waals surface area contributed by atoms with Crippen LogP contribution in [0.25, 0.3) is 0 Å². The molecule has 0 saturated heterocycles. The number of anilines is 1. The van der Waals surface area contributed by atoms with Gasteiger partial charge in [0, 0.05) is 22.4 Å². The van der Waals surface area contributed by atoms with Gasteiger partial charge in [0.15, 0.2) is 0 Å². The Hall–Kier alpha value is -0.0600. The number of thiophene rings is 1. The Bertz CT molecular complexity index is 319. The van der Waals surface area contributed by atoms with E-state index in [-0.39, 0.29) is 0 Å². The quantitative estimate of drug-likeness (QED) is 0.886. The van der Waals surface area contributed by atoms with Gasteiger partial charge in [-0.15, -0.1) is 11.3 Å². The van der Waals surface area contributed by atoms with Crippen LogP contribution in [-0.2, 0) is 0 Å². The van der Waals surface area contributed by atoms with E-state index in [0.717, 1.165) is 18.5 Å². The first-order valence-corrected chi connectivity index (χ1v) is 7.60. The summed E-state index contributed by atoms with van der Waals surface area (Å²) in [6, 6.07) is 2.91. The highest BCUT2D eigenvalue weighted by molar-refractivity contribution is 9.10. The van der Waals surface area contributed by atoms with Crippen molar-refractivity contribution in [1.82, 2.24) is 5.32 Å². The molecule has 0 amide bonds. The van der Waals surface area contributed by atoms with Gasteiger partial charge in [0.1, 0.15) is 0 Å². The molecule has 0 bridgehead atoms. The lowest BCUT2D eigenvalue weighted by molar-refractivity contribution is 0.312. The molecule has 1 heterocycles. The zero-order valence-electron chi connectivity index (χ0n) is 9.63. The van der Waals surface area contributed by atoms with E-state index in [1.54, 1.807) is 11.3 Å². The summed E-state index contributed by atoms with van der Waals surface area (Å²) in [6.07, 6.45) is 5.37. The van der Waals surface area contributed by atoms with Gasteiger partial charge in [0.25, 0.3) is 0 Å². The fourth-order valence-corrected chi connectivity index (χ4v) is 3.64. The highest BCUT2D eigenvalue weighted by Gasteiger charge is 2.19. The van der Waals surface area contributed by atoms with E-state index in [4.69, 9.17) is 0 Å². The molecule has 0 radical (unpaired) electrons. The van der Waals surface area contributed by atoms with Crippen molar-refractivity contribution in [3.8, 4) is 0 Å². The van der Waals surface area contributed by atoms with Crippen LogP contribution in [-0.4, -0.2) is 19.6 Å². The molecule has 0 spiro atoms. The molecule has 16 heavy (non-hydrogen) atoms. The van der Waals surface area contributed by atoms with Crippen LogP contribution in [0.2, 0.25) is 0 Å². The van der Waals surface area contributed by atoms with Crippen LogP contribution in [0.15, 0.2) is 15.9 Å². The molecule has 0 aliphatic heterocycles. The monoisotopic (exact) mass is 302 g/mol. The van der Waals surface area contributed by atoms with Gasteiger partial charge < -0.3 is 10.6 Å². The van der Waals surface area contributed by atoms with Crippen molar-refractivity contribution in [2.24, 2.45) is 5.92 Å². The van der Waals surface area contributed by atoms with Crippen LogP contribution in [0, 0.1) is 5.92 Å². The summed E-state index contributed by atoms with van der Waals surface area (Å²) < 4.78 is 1.18. The average molecular weight is 303 g/mol. The van der Waals surface area contributed by atoms with Gasteiger partial charge in [0.2, 0.25) is 0 Å². The molecule has 4 heteroatoms. The Balaban J connectivity index is 1.71. The van der Waals surface area contributed by atoms with E-state index in [2.05, 4.69) is 45.1 Å². The van der Waals surface area contributed by atoms with Crippen LogP contribution in [0.4, 0.5) is 5.00 Å². The molecule has 1 fully saturated rings. The SMILES string of the molecule is CNC1CCC(CNc2cc(Br)cs2)CC1. The topological polar surface area (TPSA) is 24.1 Å². The minimum Gasteiger partial charge on any atom is -0.377 e. The average Bonchev–Trinajstić information content (AvgIpc) is 2.73. The Morgan fingerprint density at radius 2 is 2.12 bits per heavy atom. The first-order valence-electron chi connectivity index (χ1n) is 5.93. The summed E-state index contributed by atoms with van der Waals surface area (Å²) >= 11 is 5.25. The van der Waals surface area contributed by atoms with Crippen molar-refractivity contribution in [2.45, 2.75) is 31.7 Å². The lowest BCUT2D eigenvalue weighted by atomic mass is 9.86. The van der Waals surface area contributed by atoms with Gasteiger partial charge in [-0.05, 0) is 60.6 Å². The van der Waals surface area contributed by atoms with E-state index in [9.17, 15) is 0 Å². The van der Waals surface area contributed by atoms with Crippen LogP contribution in [0.3, 0.4) is 0 Å². The summed E-state index contributed by atoms with van der Waals surface area (Å²) in [4.78, 5) is 0. The number of rotatable bonds is 4. The fourth-order valence-electron chi connectivity index (χ4n) is 2.31. The van der Waals surface area contributed by atoms with Gasteiger partial charge in [-0.1, -0.05) is 0 Å². The zero-order chi connectivity index (χ0) is 11.4. The summed E-state index contributed by atoms with van der Waals surface area (Å²) in [5.74, 6) is 0.852. The summed E-state index contributed by atoms with van der Waals surface area (Å²) in [7, 11) is 2.08. The second-order valence-corrected chi connectivity index (χ2v) is 6.34. The van der Waals surface area contributed by atoms with Crippen LogP contribution >= 0.6 is 27.3 Å². The minimum absolute atomic E-state index is 0.757. The first kappa shape index (κ1) is 12.4. The van der Waals surface area contributed by atoms with E-state index in [1.807, 2.05) is 0 Å². The van der Waals surface area contributed by atoms with Crippen molar-refractivity contribution in [3.05, 3.63) is 15.9 Å². The number of hydrogen-bond donors (Lipinski definition) is 2. The number of hydrogen-bond acceptors (Lipinski definition) is 3. The highest BCUT2D eigenvalue weighted by Crippen LogP contribution is 2.27. The maximum Gasteiger partial charge on any atom is 0.0894 e. The Kier molecular flexibility index (Phi) is 4.67. The largest absolute Gasteiger partial charge is 0.377 e. The Labute approximate surface area is 110 Å². The second-order valence-electron chi connectivity index (χ2n) is 4.52. The molecule has 2 N–H and O–H groups in total. The van der Waals surface area contributed by atoms with Crippen LogP contribution in [0.1, 0.15) is 25.7 Å². The van der Waals surface area contributed by atoms with Crippen molar-refractivity contribution in [1.29, 1.82) is 0 Å². The molecular weight excluding hydrogens is 284 g/mol. The van der Waals surface area contributed by atoms with Gasteiger partial charge >= 0.3 is 0 Å². The maximum atomic E-state index is 3.54. The molecule has 90 valence electrons. The lowest BCUT2D eigenvalue weighted by Gasteiger charge is -2.28. The molecule has 1 aliphatic carbocycles. The second kappa shape index (κ2) is 6.03. The summed E-state index contributed by atoms with van der Waals surface area (Å²) in [5.41, 5.74) is 0. The van der Waals surface area contributed by atoms with Crippen molar-refractivity contribution >= 4 is 32.3 Å². The normalized spacial score (nSPS) is 25.6. The number of halogens is 1. The molecule has 0 atom stereocenters. The van der Waals surface area contributed by atoms with E-state index >= 15 is 0 Å². The molecule has 1 aromatic rings.